The van der Waals surface area contributed by atoms with E-state index in [9.17, 15) is 9.59 Å². The molecule has 1 aliphatic heterocycles. The van der Waals surface area contributed by atoms with Gasteiger partial charge in [-0.1, -0.05) is 35.9 Å². The van der Waals surface area contributed by atoms with Crippen molar-refractivity contribution in [1.82, 2.24) is 0 Å². The minimum absolute atomic E-state index is 0.309. The summed E-state index contributed by atoms with van der Waals surface area (Å²) in [6.07, 6.45) is 0. The third-order valence-corrected chi connectivity index (χ3v) is 6.26. The van der Waals surface area contributed by atoms with E-state index in [-0.39, 0.29) is 11.8 Å². The summed E-state index contributed by atoms with van der Waals surface area (Å²) in [6.45, 7) is 12.1. The molecular weight excluding hydrogens is 396 g/mol. The molecule has 2 amide bonds. The number of imide groups is 1. The number of nitrogens with one attached hydrogen (secondary N) is 1. The molecule has 3 aromatic rings. The van der Waals surface area contributed by atoms with E-state index in [4.69, 9.17) is 0 Å². The predicted molar refractivity (Wildman–Crippen MR) is 131 cm³/mol. The summed E-state index contributed by atoms with van der Waals surface area (Å²) in [5.74, 6) is -0.650. The molecule has 0 aliphatic carbocycles. The summed E-state index contributed by atoms with van der Waals surface area (Å²) >= 11 is 0. The van der Waals surface area contributed by atoms with Crippen molar-refractivity contribution in [1.29, 1.82) is 0 Å². The number of amides is 2. The van der Waals surface area contributed by atoms with Crippen LogP contribution in [-0.4, -0.2) is 11.8 Å². The molecule has 4 nitrogen and oxygen atoms in total. The molecule has 32 heavy (non-hydrogen) atoms. The summed E-state index contributed by atoms with van der Waals surface area (Å²) < 4.78 is 0. The van der Waals surface area contributed by atoms with E-state index in [1.165, 1.54) is 10.5 Å². The lowest BCUT2D eigenvalue weighted by molar-refractivity contribution is -0.120. The summed E-state index contributed by atoms with van der Waals surface area (Å²) in [4.78, 5) is 28.6. The first kappa shape index (κ1) is 21.6. The average molecular weight is 425 g/mol. The highest BCUT2D eigenvalue weighted by Crippen LogP contribution is 2.36. The van der Waals surface area contributed by atoms with Crippen molar-refractivity contribution in [2.24, 2.45) is 0 Å². The van der Waals surface area contributed by atoms with Gasteiger partial charge in [0.05, 0.1) is 11.3 Å². The van der Waals surface area contributed by atoms with Crippen LogP contribution in [0.15, 0.2) is 60.3 Å². The Bertz CT molecular complexity index is 1300. The van der Waals surface area contributed by atoms with Crippen LogP contribution in [0.25, 0.3) is 5.57 Å². The summed E-state index contributed by atoms with van der Waals surface area (Å²) in [5, 5.41) is 3.27. The van der Waals surface area contributed by atoms with Crippen molar-refractivity contribution in [2.45, 2.75) is 41.5 Å². The molecule has 4 rings (SSSR count). The molecule has 0 unspecified atom stereocenters. The lowest BCUT2D eigenvalue weighted by atomic mass is 9.97. The van der Waals surface area contributed by atoms with Gasteiger partial charge >= 0.3 is 0 Å². The second kappa shape index (κ2) is 8.12. The Kier molecular flexibility index (Phi) is 5.47. The quantitative estimate of drug-likeness (QED) is 0.528. The number of hydrogen-bond donors (Lipinski definition) is 1. The number of benzene rings is 3. The van der Waals surface area contributed by atoms with Gasteiger partial charge in [0.2, 0.25) is 0 Å². The van der Waals surface area contributed by atoms with Crippen molar-refractivity contribution in [3.63, 3.8) is 0 Å². The van der Waals surface area contributed by atoms with E-state index in [2.05, 4.69) is 5.32 Å². The molecule has 1 aliphatic rings. The summed E-state index contributed by atoms with van der Waals surface area (Å²) in [7, 11) is 0. The standard InChI is InChI=1S/C28H28N2O2/c1-16-7-12-24(21(6)13-16)25-26(29-22-10-8-17(2)19(4)14-22)28(32)30(27(25)31)23-11-9-18(3)20(5)15-23/h7-15,29H,1-6H3. The molecular formula is C28H28N2O2. The summed E-state index contributed by atoms with van der Waals surface area (Å²) in [6, 6.07) is 17.5. The molecule has 3 aromatic carbocycles. The zero-order valence-corrected chi connectivity index (χ0v) is 19.5. The Labute approximate surface area is 189 Å². The lowest BCUT2D eigenvalue weighted by Crippen LogP contribution is -2.32. The second-order valence-electron chi connectivity index (χ2n) is 8.71. The van der Waals surface area contributed by atoms with Crippen molar-refractivity contribution in [3.8, 4) is 0 Å². The van der Waals surface area contributed by atoms with E-state index >= 15 is 0 Å². The van der Waals surface area contributed by atoms with Gasteiger partial charge in [-0.2, -0.15) is 0 Å². The lowest BCUT2D eigenvalue weighted by Gasteiger charge is -2.17. The third kappa shape index (κ3) is 3.73. The molecule has 0 fully saturated rings. The minimum atomic E-state index is -0.341. The summed E-state index contributed by atoms with van der Waals surface area (Å²) in [5.41, 5.74) is 9.36. The smallest absolute Gasteiger partial charge is 0.282 e. The van der Waals surface area contributed by atoms with Crippen molar-refractivity contribution in [3.05, 3.63) is 99.2 Å². The van der Waals surface area contributed by atoms with E-state index in [1.54, 1.807) is 0 Å². The largest absolute Gasteiger partial charge is 0.350 e. The zero-order valence-electron chi connectivity index (χ0n) is 19.5. The van der Waals surface area contributed by atoms with Gasteiger partial charge in [0.15, 0.2) is 0 Å². The van der Waals surface area contributed by atoms with Crippen molar-refractivity contribution < 1.29 is 9.59 Å². The van der Waals surface area contributed by atoms with Gasteiger partial charge in [-0.05, 0) is 99.2 Å². The fraction of sp³-hybridized carbons (Fsp3) is 0.214. The molecule has 1 heterocycles. The maximum Gasteiger partial charge on any atom is 0.282 e. The topological polar surface area (TPSA) is 49.4 Å². The molecule has 162 valence electrons. The number of rotatable bonds is 4. The van der Waals surface area contributed by atoms with Crippen LogP contribution in [0.4, 0.5) is 11.4 Å². The van der Waals surface area contributed by atoms with Crippen molar-refractivity contribution in [2.75, 3.05) is 10.2 Å². The molecule has 0 radical (unpaired) electrons. The highest BCUT2D eigenvalue weighted by Gasteiger charge is 2.40. The molecule has 0 saturated heterocycles. The van der Waals surface area contributed by atoms with Gasteiger partial charge in [0.1, 0.15) is 5.70 Å². The average Bonchev–Trinajstić information content (AvgIpc) is 2.97. The van der Waals surface area contributed by atoms with Gasteiger partial charge in [0.25, 0.3) is 11.8 Å². The van der Waals surface area contributed by atoms with E-state index < -0.39 is 0 Å². The molecule has 0 atom stereocenters. The van der Waals surface area contributed by atoms with Crippen LogP contribution in [0.1, 0.15) is 38.9 Å². The number of nitrogens with zero attached hydrogens (tertiary/aromatic N) is 1. The Morgan fingerprint density at radius 2 is 1.28 bits per heavy atom. The number of hydrogen-bond acceptors (Lipinski definition) is 3. The Hall–Kier alpha value is -3.66. The SMILES string of the molecule is Cc1ccc(C2=C(Nc3ccc(C)c(C)c3)C(=O)N(c3ccc(C)c(C)c3)C2=O)c(C)c1. The van der Waals surface area contributed by atoms with Crippen LogP contribution < -0.4 is 10.2 Å². The van der Waals surface area contributed by atoms with Gasteiger partial charge in [-0.3, -0.25) is 9.59 Å². The second-order valence-corrected chi connectivity index (χ2v) is 8.71. The van der Waals surface area contributed by atoms with Gasteiger partial charge in [-0.25, -0.2) is 4.90 Å². The first-order valence-corrected chi connectivity index (χ1v) is 10.8. The number of carbonyl (C=O) groups excluding carboxylic acids is 2. The zero-order chi connectivity index (χ0) is 23.2. The molecule has 0 aromatic heterocycles. The first-order chi connectivity index (χ1) is 15.2. The maximum atomic E-state index is 13.7. The number of anilines is 2. The number of carbonyl (C=O) groups is 2. The molecule has 0 saturated carbocycles. The molecule has 1 N–H and O–H groups in total. The van der Waals surface area contributed by atoms with E-state index in [0.717, 1.165) is 39.1 Å². The minimum Gasteiger partial charge on any atom is -0.350 e. The maximum absolute atomic E-state index is 13.7. The fourth-order valence-electron chi connectivity index (χ4n) is 4.05. The number of aryl methyl sites for hydroxylation is 6. The van der Waals surface area contributed by atoms with E-state index in [1.807, 2.05) is 96.1 Å². The molecule has 4 heteroatoms. The Balaban J connectivity index is 1.87. The van der Waals surface area contributed by atoms with Crippen LogP contribution in [0, 0.1) is 41.5 Å². The highest BCUT2D eigenvalue weighted by atomic mass is 16.2. The normalized spacial score (nSPS) is 13.9. The third-order valence-electron chi connectivity index (χ3n) is 6.26. The van der Waals surface area contributed by atoms with Crippen LogP contribution in [-0.2, 0) is 9.59 Å². The fourth-order valence-corrected chi connectivity index (χ4v) is 4.05. The van der Waals surface area contributed by atoms with Gasteiger partial charge < -0.3 is 5.32 Å². The van der Waals surface area contributed by atoms with Gasteiger partial charge in [-0.15, -0.1) is 0 Å². The van der Waals surface area contributed by atoms with Crippen LogP contribution >= 0.6 is 0 Å². The Morgan fingerprint density at radius 1 is 0.625 bits per heavy atom. The Morgan fingerprint density at radius 3 is 1.91 bits per heavy atom. The van der Waals surface area contributed by atoms with Gasteiger partial charge in [0, 0.05) is 5.69 Å². The van der Waals surface area contributed by atoms with Crippen LogP contribution in [0.2, 0.25) is 0 Å². The first-order valence-electron chi connectivity index (χ1n) is 10.8. The van der Waals surface area contributed by atoms with E-state index in [0.29, 0.717) is 17.0 Å². The van der Waals surface area contributed by atoms with Crippen LogP contribution in [0.5, 0.6) is 0 Å². The molecule has 0 spiro atoms. The monoisotopic (exact) mass is 424 g/mol. The highest BCUT2D eigenvalue weighted by molar-refractivity contribution is 6.46. The predicted octanol–water partition coefficient (Wildman–Crippen LogP) is 5.93. The molecule has 0 bridgehead atoms. The van der Waals surface area contributed by atoms with Crippen molar-refractivity contribution >= 4 is 28.8 Å². The van der Waals surface area contributed by atoms with Crippen LogP contribution in [0.3, 0.4) is 0 Å².